The van der Waals surface area contributed by atoms with Gasteiger partial charge in [0.05, 0.1) is 17.4 Å². The monoisotopic (exact) mass is 304 g/mol. The van der Waals surface area contributed by atoms with E-state index in [2.05, 4.69) is 20.8 Å². The number of halogens is 1. The molecule has 0 bridgehead atoms. The van der Waals surface area contributed by atoms with Crippen molar-refractivity contribution in [1.29, 1.82) is 0 Å². The lowest BCUT2D eigenvalue weighted by Crippen LogP contribution is -2.12. The molecule has 0 N–H and O–H groups in total. The van der Waals surface area contributed by atoms with Crippen LogP contribution in [0, 0.1) is 0 Å². The van der Waals surface area contributed by atoms with Crippen LogP contribution in [0.5, 0.6) is 5.75 Å². The van der Waals surface area contributed by atoms with Gasteiger partial charge in [-0.2, -0.15) is 0 Å². The Balaban J connectivity index is 2.68. The zero-order chi connectivity index (χ0) is 14.7. The first-order valence-corrected chi connectivity index (χ1v) is 8.64. The van der Waals surface area contributed by atoms with Crippen LogP contribution in [0.4, 0.5) is 0 Å². The minimum absolute atomic E-state index is 0.0233. The second kappa shape index (κ2) is 6.14. The van der Waals surface area contributed by atoms with E-state index >= 15 is 0 Å². The van der Waals surface area contributed by atoms with Crippen molar-refractivity contribution in [2.24, 2.45) is 0 Å². The maximum Gasteiger partial charge on any atom is 0.147 e. The van der Waals surface area contributed by atoms with E-state index in [0.29, 0.717) is 23.8 Å². The highest BCUT2D eigenvalue weighted by molar-refractivity contribution is 7.90. The van der Waals surface area contributed by atoms with Crippen LogP contribution in [0.1, 0.15) is 32.8 Å². The first-order chi connectivity index (χ1) is 8.59. The van der Waals surface area contributed by atoms with Crippen molar-refractivity contribution in [3.05, 3.63) is 28.8 Å². The maximum absolute atomic E-state index is 11.0. The highest BCUT2D eigenvalue weighted by Crippen LogP contribution is 2.31. The Hall–Kier alpha value is -0.740. The van der Waals surface area contributed by atoms with Crippen molar-refractivity contribution in [2.45, 2.75) is 32.6 Å². The molecule has 1 rings (SSSR count). The van der Waals surface area contributed by atoms with Gasteiger partial charge in [0.25, 0.3) is 0 Å². The quantitative estimate of drug-likeness (QED) is 0.783. The number of sulfone groups is 1. The molecule has 0 atom stereocenters. The Morgan fingerprint density at radius 1 is 1.26 bits per heavy atom. The summed E-state index contributed by atoms with van der Waals surface area (Å²) in [5, 5.41) is 0.548. The summed E-state index contributed by atoms with van der Waals surface area (Å²) in [5.74, 6) is 0.742. The van der Waals surface area contributed by atoms with Crippen LogP contribution >= 0.6 is 11.6 Å². The van der Waals surface area contributed by atoms with E-state index in [4.69, 9.17) is 16.3 Å². The van der Waals surface area contributed by atoms with Gasteiger partial charge in [-0.1, -0.05) is 38.4 Å². The predicted octanol–water partition coefficient (Wildman–Crippen LogP) is 3.45. The first kappa shape index (κ1) is 16.3. The predicted molar refractivity (Wildman–Crippen MR) is 80.0 cm³/mol. The van der Waals surface area contributed by atoms with E-state index in [1.165, 1.54) is 6.26 Å². The van der Waals surface area contributed by atoms with Gasteiger partial charge < -0.3 is 4.74 Å². The second-order valence-electron chi connectivity index (χ2n) is 5.73. The fourth-order valence-corrected chi connectivity index (χ4v) is 2.40. The molecule has 0 spiro atoms. The molecule has 3 nitrogen and oxygen atoms in total. The molecule has 0 aliphatic rings. The van der Waals surface area contributed by atoms with E-state index in [0.717, 1.165) is 5.56 Å². The topological polar surface area (TPSA) is 43.4 Å². The number of ether oxygens (including phenoxy) is 1. The van der Waals surface area contributed by atoms with E-state index in [9.17, 15) is 8.42 Å². The summed E-state index contributed by atoms with van der Waals surface area (Å²) in [6.07, 6.45) is 1.69. The van der Waals surface area contributed by atoms with Crippen molar-refractivity contribution in [3.8, 4) is 5.75 Å². The Kier molecular flexibility index (Phi) is 5.27. The molecule has 108 valence electrons. The molecule has 0 saturated carbocycles. The summed E-state index contributed by atoms with van der Waals surface area (Å²) in [6.45, 7) is 6.69. The molecule has 1 aromatic rings. The number of benzene rings is 1. The van der Waals surface area contributed by atoms with Crippen LogP contribution in [0.25, 0.3) is 0 Å². The Bertz CT molecular complexity index is 530. The summed E-state index contributed by atoms with van der Waals surface area (Å²) < 4.78 is 27.6. The first-order valence-electron chi connectivity index (χ1n) is 6.20. The van der Waals surface area contributed by atoms with Crippen molar-refractivity contribution < 1.29 is 13.2 Å². The van der Waals surface area contributed by atoms with Crippen molar-refractivity contribution in [2.75, 3.05) is 18.6 Å². The number of hydrogen-bond donors (Lipinski definition) is 0. The number of rotatable bonds is 5. The third-order valence-electron chi connectivity index (χ3n) is 2.71. The molecule has 19 heavy (non-hydrogen) atoms. The van der Waals surface area contributed by atoms with Crippen LogP contribution in [0.2, 0.25) is 5.02 Å². The summed E-state index contributed by atoms with van der Waals surface area (Å²) in [4.78, 5) is 0. The summed E-state index contributed by atoms with van der Waals surface area (Å²) in [5.41, 5.74) is 1.16. The largest absolute Gasteiger partial charge is 0.492 e. The fraction of sp³-hybridized carbons (Fsp3) is 0.571. The molecule has 0 saturated heterocycles. The maximum atomic E-state index is 11.0. The average Bonchev–Trinajstić information content (AvgIpc) is 2.23. The van der Waals surface area contributed by atoms with Gasteiger partial charge in [0.2, 0.25) is 0 Å². The summed E-state index contributed by atoms with van der Waals surface area (Å²) in [6, 6.07) is 5.71. The Labute approximate surface area is 120 Å². The molecule has 0 aliphatic heterocycles. The molecule has 1 aromatic carbocycles. The van der Waals surface area contributed by atoms with Gasteiger partial charge in [-0.15, -0.1) is 0 Å². The smallest absolute Gasteiger partial charge is 0.147 e. The van der Waals surface area contributed by atoms with Crippen LogP contribution in [0.3, 0.4) is 0 Å². The van der Waals surface area contributed by atoms with Gasteiger partial charge in [-0.25, -0.2) is 8.42 Å². The van der Waals surface area contributed by atoms with Crippen molar-refractivity contribution >= 4 is 21.4 Å². The molecule has 0 unspecified atom stereocenters. The molecule has 0 fully saturated rings. The summed E-state index contributed by atoms with van der Waals surface area (Å²) >= 11 is 6.07. The molecular formula is C14H21ClO3S. The molecule has 0 aliphatic carbocycles. The van der Waals surface area contributed by atoms with Gasteiger partial charge in [0, 0.05) is 6.26 Å². The second-order valence-corrected chi connectivity index (χ2v) is 8.39. The SMILES string of the molecule is CC(C)(C)c1ccc(Cl)c(OCCCS(C)(=O)=O)c1. The van der Waals surface area contributed by atoms with Crippen LogP contribution in [-0.4, -0.2) is 27.0 Å². The normalized spacial score (nSPS) is 12.5. The van der Waals surface area contributed by atoms with Crippen LogP contribution in [0.15, 0.2) is 18.2 Å². The third-order valence-corrected chi connectivity index (χ3v) is 4.06. The minimum Gasteiger partial charge on any atom is -0.492 e. The summed E-state index contributed by atoms with van der Waals surface area (Å²) in [7, 11) is -2.93. The lowest BCUT2D eigenvalue weighted by Gasteiger charge is -2.20. The van der Waals surface area contributed by atoms with Crippen LogP contribution < -0.4 is 4.74 Å². The highest BCUT2D eigenvalue weighted by atomic mass is 35.5. The Morgan fingerprint density at radius 3 is 2.42 bits per heavy atom. The van der Waals surface area contributed by atoms with Gasteiger partial charge in [0.15, 0.2) is 0 Å². The average molecular weight is 305 g/mol. The molecule has 0 amide bonds. The van der Waals surface area contributed by atoms with Crippen LogP contribution in [-0.2, 0) is 15.3 Å². The Morgan fingerprint density at radius 2 is 1.89 bits per heavy atom. The van der Waals surface area contributed by atoms with E-state index in [1.54, 1.807) is 0 Å². The van der Waals surface area contributed by atoms with E-state index in [1.807, 2.05) is 18.2 Å². The van der Waals surface area contributed by atoms with E-state index in [-0.39, 0.29) is 11.2 Å². The van der Waals surface area contributed by atoms with Gasteiger partial charge in [-0.05, 0) is 29.5 Å². The third kappa shape index (κ3) is 5.83. The molecular weight excluding hydrogens is 284 g/mol. The molecule has 5 heteroatoms. The lowest BCUT2D eigenvalue weighted by molar-refractivity contribution is 0.317. The standard InChI is InChI=1S/C14H21ClO3S/c1-14(2,3)11-6-7-12(15)13(10-11)18-8-5-9-19(4,16)17/h6-7,10H,5,8-9H2,1-4H3. The zero-order valence-electron chi connectivity index (χ0n) is 11.9. The van der Waals surface area contributed by atoms with Gasteiger partial charge >= 0.3 is 0 Å². The van der Waals surface area contributed by atoms with Crippen molar-refractivity contribution in [3.63, 3.8) is 0 Å². The fourth-order valence-electron chi connectivity index (χ4n) is 1.58. The molecule has 0 heterocycles. The van der Waals surface area contributed by atoms with E-state index < -0.39 is 9.84 Å². The minimum atomic E-state index is -2.93. The highest BCUT2D eigenvalue weighted by Gasteiger charge is 2.15. The molecule has 0 radical (unpaired) electrons. The number of hydrogen-bond acceptors (Lipinski definition) is 3. The van der Waals surface area contributed by atoms with Crippen molar-refractivity contribution in [1.82, 2.24) is 0 Å². The molecule has 0 aromatic heterocycles. The zero-order valence-corrected chi connectivity index (χ0v) is 13.4. The lowest BCUT2D eigenvalue weighted by atomic mass is 9.87. The van der Waals surface area contributed by atoms with Gasteiger partial charge in [-0.3, -0.25) is 0 Å². The van der Waals surface area contributed by atoms with Gasteiger partial charge in [0.1, 0.15) is 15.6 Å².